The molecule has 1 rings (SSSR count). The van der Waals surface area contributed by atoms with Crippen LogP contribution in [0.3, 0.4) is 0 Å². The summed E-state index contributed by atoms with van der Waals surface area (Å²) in [7, 11) is 1.29. The average molecular weight is 397 g/mol. The molecule has 0 aromatic heterocycles. The Balaban J connectivity index is 2.63. The number of hydrogen-bond acceptors (Lipinski definition) is 5. The number of aldehydes is 1. The number of benzene rings is 1. The van der Waals surface area contributed by atoms with Crippen LogP contribution in [0.1, 0.15) is 39.7 Å². The standard InChI is InChI=1S/C21H36O5Si/c1-16(14-22)18(26-27(7,8)21(2,3)4)11-12-25-15-17-9-10-19(23-5)20(13-17)24-6/h9-10,13-14,16,18H,11-12,15H2,1-8H3/t16-,18-/m0/s1. The first-order valence-corrected chi connectivity index (χ1v) is 12.4. The molecule has 0 amide bonds. The molecule has 154 valence electrons. The van der Waals surface area contributed by atoms with Crippen molar-refractivity contribution in [1.29, 1.82) is 0 Å². The normalized spacial score (nSPS) is 14.5. The minimum absolute atomic E-state index is 0.106. The smallest absolute Gasteiger partial charge is 0.192 e. The summed E-state index contributed by atoms with van der Waals surface area (Å²) in [6.07, 6.45) is 1.56. The highest BCUT2D eigenvalue weighted by molar-refractivity contribution is 6.74. The van der Waals surface area contributed by atoms with Crippen LogP contribution in [0.15, 0.2) is 18.2 Å². The first-order chi connectivity index (χ1) is 12.6. The van der Waals surface area contributed by atoms with Crippen LogP contribution in [0.5, 0.6) is 11.5 Å². The molecule has 0 aliphatic rings. The first-order valence-electron chi connectivity index (χ1n) is 9.47. The van der Waals surface area contributed by atoms with Crippen LogP contribution in [0.4, 0.5) is 0 Å². The topological polar surface area (TPSA) is 54.0 Å². The van der Waals surface area contributed by atoms with Gasteiger partial charge >= 0.3 is 0 Å². The molecule has 1 aromatic carbocycles. The molecular weight excluding hydrogens is 360 g/mol. The third-order valence-electron chi connectivity index (χ3n) is 5.32. The summed E-state index contributed by atoms with van der Waals surface area (Å²) >= 11 is 0. The fourth-order valence-corrected chi connectivity index (χ4v) is 3.87. The second kappa shape index (κ2) is 10.2. The van der Waals surface area contributed by atoms with E-state index < -0.39 is 8.32 Å². The molecule has 0 radical (unpaired) electrons. The van der Waals surface area contributed by atoms with Gasteiger partial charge in [0.05, 0.1) is 26.9 Å². The molecule has 5 nitrogen and oxygen atoms in total. The van der Waals surface area contributed by atoms with Crippen LogP contribution in [0, 0.1) is 5.92 Å². The second-order valence-corrected chi connectivity index (χ2v) is 13.2. The van der Waals surface area contributed by atoms with Crippen molar-refractivity contribution in [3.63, 3.8) is 0 Å². The van der Waals surface area contributed by atoms with Gasteiger partial charge in [-0.3, -0.25) is 0 Å². The van der Waals surface area contributed by atoms with E-state index in [-0.39, 0.29) is 17.1 Å². The SMILES string of the molecule is COc1ccc(COCC[C@H](O[Si](C)(C)C(C)(C)C)[C@@H](C)C=O)cc1OC. The van der Waals surface area contributed by atoms with Crippen molar-refractivity contribution in [3.8, 4) is 11.5 Å². The van der Waals surface area contributed by atoms with Crippen molar-refractivity contribution in [3.05, 3.63) is 23.8 Å². The van der Waals surface area contributed by atoms with Crippen molar-refractivity contribution < 1.29 is 23.4 Å². The Morgan fingerprint density at radius 1 is 1.11 bits per heavy atom. The number of carbonyl (C=O) groups excluding carboxylic acids is 1. The van der Waals surface area contributed by atoms with Crippen molar-refractivity contribution in [2.24, 2.45) is 5.92 Å². The molecule has 0 aliphatic carbocycles. The molecule has 0 heterocycles. The highest BCUT2D eigenvalue weighted by Gasteiger charge is 2.40. The van der Waals surface area contributed by atoms with Gasteiger partial charge in [0.25, 0.3) is 0 Å². The second-order valence-electron chi connectivity index (χ2n) is 8.44. The molecule has 27 heavy (non-hydrogen) atoms. The summed E-state index contributed by atoms with van der Waals surface area (Å²) in [5, 5.41) is 0.106. The predicted molar refractivity (Wildman–Crippen MR) is 111 cm³/mol. The van der Waals surface area contributed by atoms with E-state index in [1.807, 2.05) is 25.1 Å². The van der Waals surface area contributed by atoms with Gasteiger partial charge in [0.1, 0.15) is 6.29 Å². The van der Waals surface area contributed by atoms with Crippen LogP contribution in [0.25, 0.3) is 0 Å². The van der Waals surface area contributed by atoms with Gasteiger partial charge in [-0.15, -0.1) is 0 Å². The van der Waals surface area contributed by atoms with Crippen LogP contribution >= 0.6 is 0 Å². The lowest BCUT2D eigenvalue weighted by Gasteiger charge is -2.40. The van der Waals surface area contributed by atoms with Gasteiger partial charge < -0.3 is 23.4 Å². The Bertz CT molecular complexity index is 595. The quantitative estimate of drug-likeness (QED) is 0.304. The number of rotatable bonds is 11. The van der Waals surface area contributed by atoms with E-state index in [9.17, 15) is 4.79 Å². The average Bonchev–Trinajstić information content (AvgIpc) is 2.62. The molecule has 0 aliphatic heterocycles. The van der Waals surface area contributed by atoms with E-state index in [0.717, 1.165) is 11.8 Å². The maximum atomic E-state index is 11.3. The Hall–Kier alpha value is -1.37. The maximum absolute atomic E-state index is 11.3. The van der Waals surface area contributed by atoms with Gasteiger partial charge in [-0.1, -0.05) is 33.8 Å². The number of hydrogen-bond donors (Lipinski definition) is 0. The van der Waals surface area contributed by atoms with Gasteiger partial charge in [-0.2, -0.15) is 0 Å². The molecule has 0 spiro atoms. The summed E-state index contributed by atoms with van der Waals surface area (Å²) in [6.45, 7) is 14.0. The molecule has 0 unspecified atom stereocenters. The van der Waals surface area contributed by atoms with Crippen LogP contribution in [-0.2, 0) is 20.6 Å². The van der Waals surface area contributed by atoms with Crippen molar-refractivity contribution in [2.45, 2.75) is 65.0 Å². The molecule has 2 atom stereocenters. The van der Waals surface area contributed by atoms with E-state index in [2.05, 4.69) is 33.9 Å². The summed E-state index contributed by atoms with van der Waals surface area (Å²) in [4.78, 5) is 11.3. The highest BCUT2D eigenvalue weighted by Crippen LogP contribution is 2.38. The zero-order valence-corrected chi connectivity index (χ0v) is 19.1. The van der Waals surface area contributed by atoms with E-state index in [1.165, 1.54) is 0 Å². The molecule has 0 N–H and O–H groups in total. The number of ether oxygens (including phenoxy) is 3. The largest absolute Gasteiger partial charge is 0.493 e. The third kappa shape index (κ3) is 6.94. The molecule has 6 heteroatoms. The summed E-state index contributed by atoms with van der Waals surface area (Å²) < 4.78 is 22.9. The minimum Gasteiger partial charge on any atom is -0.493 e. The summed E-state index contributed by atoms with van der Waals surface area (Å²) in [5.74, 6) is 1.24. The molecule has 0 bridgehead atoms. The maximum Gasteiger partial charge on any atom is 0.192 e. The Labute approximate surface area is 165 Å². The lowest BCUT2D eigenvalue weighted by molar-refractivity contribution is -0.113. The molecular formula is C21H36O5Si. The Morgan fingerprint density at radius 2 is 1.74 bits per heavy atom. The highest BCUT2D eigenvalue weighted by atomic mass is 28.4. The summed E-state index contributed by atoms with van der Waals surface area (Å²) in [5.41, 5.74) is 1.01. The third-order valence-corrected chi connectivity index (χ3v) is 9.82. The monoisotopic (exact) mass is 396 g/mol. The van der Waals surface area contributed by atoms with Crippen LogP contribution in [0.2, 0.25) is 18.1 Å². The van der Waals surface area contributed by atoms with Gasteiger partial charge in [0.2, 0.25) is 0 Å². The zero-order valence-electron chi connectivity index (χ0n) is 18.1. The molecule has 0 fully saturated rings. The van der Waals surface area contributed by atoms with Crippen molar-refractivity contribution in [2.75, 3.05) is 20.8 Å². The van der Waals surface area contributed by atoms with E-state index in [4.69, 9.17) is 18.6 Å². The van der Waals surface area contributed by atoms with Gasteiger partial charge in [-0.05, 0) is 42.2 Å². The predicted octanol–water partition coefficient (Wildman–Crippen LogP) is 4.84. The van der Waals surface area contributed by atoms with Crippen LogP contribution in [-0.4, -0.2) is 41.5 Å². The van der Waals surface area contributed by atoms with E-state index >= 15 is 0 Å². The van der Waals surface area contributed by atoms with E-state index in [0.29, 0.717) is 31.1 Å². The zero-order chi connectivity index (χ0) is 20.7. The molecule has 1 aromatic rings. The van der Waals surface area contributed by atoms with Crippen LogP contribution < -0.4 is 9.47 Å². The van der Waals surface area contributed by atoms with Crippen molar-refractivity contribution in [1.82, 2.24) is 0 Å². The van der Waals surface area contributed by atoms with E-state index in [1.54, 1.807) is 14.2 Å². The Morgan fingerprint density at radius 3 is 2.26 bits per heavy atom. The number of methoxy groups -OCH3 is 2. The minimum atomic E-state index is -1.94. The molecule has 0 saturated heterocycles. The summed E-state index contributed by atoms with van der Waals surface area (Å²) in [6, 6.07) is 5.74. The van der Waals surface area contributed by atoms with Gasteiger partial charge in [0, 0.05) is 12.5 Å². The van der Waals surface area contributed by atoms with Gasteiger partial charge in [-0.25, -0.2) is 0 Å². The molecule has 0 saturated carbocycles. The number of carbonyl (C=O) groups is 1. The van der Waals surface area contributed by atoms with Crippen molar-refractivity contribution >= 4 is 14.6 Å². The lowest BCUT2D eigenvalue weighted by Crippen LogP contribution is -2.46. The Kier molecular flexibility index (Phi) is 8.98. The van der Waals surface area contributed by atoms with Gasteiger partial charge in [0.15, 0.2) is 19.8 Å². The fourth-order valence-electron chi connectivity index (χ4n) is 2.43. The first kappa shape index (κ1) is 23.7. The fraction of sp³-hybridized carbons (Fsp3) is 0.667. The lowest BCUT2D eigenvalue weighted by atomic mass is 10.0.